The highest BCUT2D eigenvalue weighted by Gasteiger charge is 2.59. The average molecular weight is 376 g/mol. The lowest BCUT2D eigenvalue weighted by Crippen LogP contribution is -2.69. The van der Waals surface area contributed by atoms with Gasteiger partial charge < -0.3 is 24.6 Å². The third-order valence-corrected chi connectivity index (χ3v) is 6.74. The lowest BCUT2D eigenvalue weighted by Gasteiger charge is -2.61. The third-order valence-electron chi connectivity index (χ3n) is 6.74. The molecule has 0 spiro atoms. The maximum atomic E-state index is 12.7. The molecule has 1 saturated heterocycles. The minimum atomic E-state index is -0.191. The SMILES string of the molecule is CO[C@]1(C)C[C@H](N(C)C(=O)Nc2ccc(N3CCO[C@@H](C)C3)cc2)C1(C)C. The van der Waals surface area contributed by atoms with Crippen molar-refractivity contribution in [3.8, 4) is 0 Å². The monoisotopic (exact) mass is 375 g/mol. The summed E-state index contributed by atoms with van der Waals surface area (Å²) in [5, 5.41) is 3.02. The number of benzene rings is 1. The molecule has 2 fully saturated rings. The van der Waals surface area contributed by atoms with Crippen LogP contribution < -0.4 is 10.2 Å². The number of ether oxygens (including phenoxy) is 2. The molecule has 27 heavy (non-hydrogen) atoms. The number of carbonyl (C=O) groups is 1. The van der Waals surface area contributed by atoms with Crippen molar-refractivity contribution in [1.29, 1.82) is 0 Å². The predicted octanol–water partition coefficient (Wildman–Crippen LogP) is 3.58. The van der Waals surface area contributed by atoms with Gasteiger partial charge in [0, 0.05) is 50.1 Å². The van der Waals surface area contributed by atoms with Gasteiger partial charge in [-0.1, -0.05) is 13.8 Å². The molecule has 1 aromatic rings. The fourth-order valence-corrected chi connectivity index (χ4v) is 4.24. The highest BCUT2D eigenvalue weighted by molar-refractivity contribution is 5.89. The minimum Gasteiger partial charge on any atom is -0.378 e. The fourth-order valence-electron chi connectivity index (χ4n) is 4.24. The van der Waals surface area contributed by atoms with Gasteiger partial charge in [0.15, 0.2) is 0 Å². The van der Waals surface area contributed by atoms with E-state index in [2.05, 4.69) is 50.0 Å². The molecule has 1 aliphatic heterocycles. The Hall–Kier alpha value is -1.79. The maximum absolute atomic E-state index is 12.7. The van der Waals surface area contributed by atoms with Gasteiger partial charge in [-0.2, -0.15) is 0 Å². The van der Waals surface area contributed by atoms with Gasteiger partial charge in [-0.05, 0) is 44.5 Å². The molecule has 0 bridgehead atoms. The van der Waals surface area contributed by atoms with Crippen LogP contribution in [0.3, 0.4) is 0 Å². The first-order valence-corrected chi connectivity index (χ1v) is 9.73. The normalized spacial score (nSPS) is 29.8. The molecule has 0 unspecified atom stereocenters. The summed E-state index contributed by atoms with van der Waals surface area (Å²) in [6, 6.07) is 8.11. The minimum absolute atomic E-state index is 0.0843. The number of carbonyl (C=O) groups excluding carboxylic acids is 1. The van der Waals surface area contributed by atoms with Crippen molar-refractivity contribution in [3.63, 3.8) is 0 Å². The molecule has 0 aromatic heterocycles. The van der Waals surface area contributed by atoms with E-state index < -0.39 is 0 Å². The van der Waals surface area contributed by atoms with Crippen LogP contribution in [0.2, 0.25) is 0 Å². The first kappa shape index (κ1) is 20.0. The van der Waals surface area contributed by atoms with Crippen molar-refractivity contribution in [1.82, 2.24) is 4.90 Å². The number of hydrogen-bond donors (Lipinski definition) is 1. The molecule has 1 aliphatic carbocycles. The Bertz CT molecular complexity index is 676. The Morgan fingerprint density at radius 2 is 1.96 bits per heavy atom. The van der Waals surface area contributed by atoms with Crippen molar-refractivity contribution in [2.45, 2.75) is 51.9 Å². The summed E-state index contributed by atoms with van der Waals surface area (Å²) in [5.74, 6) is 0. The van der Waals surface area contributed by atoms with Crippen molar-refractivity contribution in [3.05, 3.63) is 24.3 Å². The summed E-state index contributed by atoms with van der Waals surface area (Å²) in [6.07, 6.45) is 1.09. The summed E-state index contributed by atoms with van der Waals surface area (Å²) in [4.78, 5) is 16.8. The largest absolute Gasteiger partial charge is 0.378 e. The summed E-state index contributed by atoms with van der Waals surface area (Å²) < 4.78 is 11.3. The Balaban J connectivity index is 1.60. The Morgan fingerprint density at radius 1 is 1.30 bits per heavy atom. The van der Waals surface area contributed by atoms with Gasteiger partial charge in [-0.25, -0.2) is 4.79 Å². The lowest BCUT2D eigenvalue weighted by atomic mass is 9.55. The summed E-state index contributed by atoms with van der Waals surface area (Å²) in [5.41, 5.74) is 1.68. The van der Waals surface area contributed by atoms with E-state index in [-0.39, 0.29) is 29.2 Å². The van der Waals surface area contributed by atoms with Gasteiger partial charge in [-0.3, -0.25) is 0 Å². The van der Waals surface area contributed by atoms with E-state index in [0.717, 1.165) is 37.5 Å². The van der Waals surface area contributed by atoms with Gasteiger partial charge in [-0.15, -0.1) is 0 Å². The average Bonchev–Trinajstić information content (AvgIpc) is 2.65. The lowest BCUT2D eigenvalue weighted by molar-refractivity contribution is -0.197. The number of nitrogens with one attached hydrogen (secondary N) is 1. The van der Waals surface area contributed by atoms with E-state index >= 15 is 0 Å². The smallest absolute Gasteiger partial charge is 0.321 e. The second-order valence-corrected chi connectivity index (χ2v) is 8.59. The number of nitrogens with zero attached hydrogens (tertiary/aromatic N) is 2. The molecule has 1 aromatic carbocycles. The van der Waals surface area contributed by atoms with Crippen LogP contribution in [0, 0.1) is 5.41 Å². The fraction of sp³-hybridized carbons (Fsp3) is 0.667. The first-order valence-electron chi connectivity index (χ1n) is 9.73. The molecule has 2 aliphatic rings. The van der Waals surface area contributed by atoms with Crippen LogP contribution in [-0.2, 0) is 9.47 Å². The molecule has 1 saturated carbocycles. The molecule has 3 rings (SSSR count). The van der Waals surface area contributed by atoms with Crippen LogP contribution >= 0.6 is 0 Å². The number of hydrogen-bond acceptors (Lipinski definition) is 4. The molecular formula is C21H33N3O3. The zero-order chi connectivity index (χ0) is 19.8. The Labute approximate surface area is 162 Å². The Kier molecular flexibility index (Phi) is 5.41. The number of methoxy groups -OCH3 is 1. The van der Waals surface area contributed by atoms with E-state index in [1.165, 1.54) is 0 Å². The van der Waals surface area contributed by atoms with Crippen LogP contribution in [0.1, 0.15) is 34.1 Å². The quantitative estimate of drug-likeness (QED) is 0.874. The number of morpholine rings is 1. The summed E-state index contributed by atoms with van der Waals surface area (Å²) in [7, 11) is 3.61. The predicted molar refractivity (Wildman–Crippen MR) is 108 cm³/mol. The van der Waals surface area contributed by atoms with E-state index in [4.69, 9.17) is 9.47 Å². The van der Waals surface area contributed by atoms with E-state index in [1.807, 2.05) is 19.2 Å². The topological polar surface area (TPSA) is 54.0 Å². The van der Waals surface area contributed by atoms with Crippen LogP contribution in [0.4, 0.5) is 16.2 Å². The van der Waals surface area contributed by atoms with Crippen molar-refractivity contribution >= 4 is 17.4 Å². The molecule has 1 heterocycles. The highest BCUT2D eigenvalue weighted by Crippen LogP contribution is 2.53. The molecular weight excluding hydrogens is 342 g/mol. The van der Waals surface area contributed by atoms with Gasteiger partial charge in [0.2, 0.25) is 0 Å². The summed E-state index contributed by atoms with van der Waals surface area (Å²) in [6.45, 7) is 11.1. The second-order valence-electron chi connectivity index (χ2n) is 8.59. The molecule has 1 N–H and O–H groups in total. The van der Waals surface area contributed by atoms with Crippen LogP contribution in [0.5, 0.6) is 0 Å². The Morgan fingerprint density at radius 3 is 2.52 bits per heavy atom. The maximum Gasteiger partial charge on any atom is 0.321 e. The molecule has 6 nitrogen and oxygen atoms in total. The van der Waals surface area contributed by atoms with E-state index in [1.54, 1.807) is 12.0 Å². The van der Waals surface area contributed by atoms with Crippen LogP contribution in [0.15, 0.2) is 24.3 Å². The zero-order valence-electron chi connectivity index (χ0n) is 17.4. The van der Waals surface area contributed by atoms with Crippen molar-refractivity contribution in [2.24, 2.45) is 5.41 Å². The van der Waals surface area contributed by atoms with Crippen molar-refractivity contribution < 1.29 is 14.3 Å². The molecule has 2 amide bonds. The van der Waals surface area contributed by atoms with Gasteiger partial charge in [0.1, 0.15) is 0 Å². The van der Waals surface area contributed by atoms with Crippen molar-refractivity contribution in [2.75, 3.05) is 44.1 Å². The highest BCUT2D eigenvalue weighted by atomic mass is 16.5. The zero-order valence-corrected chi connectivity index (χ0v) is 17.4. The second kappa shape index (κ2) is 7.32. The molecule has 150 valence electrons. The summed E-state index contributed by atoms with van der Waals surface area (Å²) >= 11 is 0. The van der Waals surface area contributed by atoms with Gasteiger partial charge in [0.25, 0.3) is 0 Å². The standard InChI is InChI=1S/C21H33N3O3/c1-15-14-24(11-12-27-15)17-9-7-16(8-10-17)22-19(25)23(5)18-13-21(4,26-6)20(18,2)3/h7-10,15,18H,11-14H2,1-6H3,(H,22,25)/t15-,18-,21+/m0/s1. The molecule has 0 radical (unpaired) electrons. The number of rotatable bonds is 4. The van der Waals surface area contributed by atoms with Crippen LogP contribution in [0.25, 0.3) is 0 Å². The van der Waals surface area contributed by atoms with Crippen LogP contribution in [-0.4, -0.2) is 62.5 Å². The number of anilines is 2. The third kappa shape index (κ3) is 3.65. The first-order chi connectivity index (χ1) is 12.7. The van der Waals surface area contributed by atoms with Gasteiger partial charge >= 0.3 is 6.03 Å². The van der Waals surface area contributed by atoms with Gasteiger partial charge in [0.05, 0.1) is 18.3 Å². The number of amides is 2. The molecule has 6 heteroatoms. The van der Waals surface area contributed by atoms with E-state index in [9.17, 15) is 4.79 Å². The molecule has 3 atom stereocenters. The number of urea groups is 1. The van der Waals surface area contributed by atoms with E-state index in [0.29, 0.717) is 0 Å².